The van der Waals surface area contributed by atoms with Crippen molar-refractivity contribution in [1.82, 2.24) is 15.5 Å². The second kappa shape index (κ2) is 8.20. The second-order valence-corrected chi connectivity index (χ2v) is 4.79. The van der Waals surface area contributed by atoms with E-state index in [1.54, 1.807) is 0 Å². The molecule has 20 heavy (non-hydrogen) atoms. The maximum atomic E-state index is 11.4. The fourth-order valence-electron chi connectivity index (χ4n) is 1.29. The number of urea groups is 1. The third kappa shape index (κ3) is 5.74. The number of thioether (sulfide) groups is 1. The first-order chi connectivity index (χ1) is 9.52. The first-order valence-corrected chi connectivity index (χ1v) is 6.77. The molecule has 0 aromatic carbocycles. The van der Waals surface area contributed by atoms with E-state index < -0.39 is 24.5 Å². The number of esters is 1. The normalized spacial score (nSPS) is 13.8. The zero-order valence-electron chi connectivity index (χ0n) is 10.7. The average molecular weight is 301 g/mol. The highest BCUT2D eigenvalue weighted by molar-refractivity contribution is 8.13. The summed E-state index contributed by atoms with van der Waals surface area (Å²) in [5.41, 5.74) is 0. The van der Waals surface area contributed by atoms with Crippen molar-refractivity contribution in [1.29, 1.82) is 0 Å². The van der Waals surface area contributed by atoms with E-state index in [1.807, 2.05) is 5.32 Å². The van der Waals surface area contributed by atoms with E-state index in [0.717, 1.165) is 11.8 Å². The van der Waals surface area contributed by atoms with Crippen LogP contribution in [0.5, 0.6) is 0 Å². The lowest BCUT2D eigenvalue weighted by Gasteiger charge is -2.13. The lowest BCUT2D eigenvalue weighted by Crippen LogP contribution is -2.42. The van der Waals surface area contributed by atoms with Gasteiger partial charge in [-0.3, -0.25) is 19.7 Å². The van der Waals surface area contributed by atoms with Gasteiger partial charge in [0.1, 0.15) is 6.54 Å². The van der Waals surface area contributed by atoms with Gasteiger partial charge in [-0.25, -0.2) is 4.79 Å². The average Bonchev–Trinajstić information content (AvgIpc) is 2.79. The molecule has 0 radical (unpaired) electrons. The summed E-state index contributed by atoms with van der Waals surface area (Å²) in [7, 11) is 0. The smallest absolute Gasteiger partial charge is 0.326 e. The molecule has 0 atom stereocenters. The molecule has 1 saturated heterocycles. The molecule has 1 fully saturated rings. The number of hydrogen-bond donors (Lipinski definition) is 2. The monoisotopic (exact) mass is 301 g/mol. The lowest BCUT2D eigenvalue weighted by molar-refractivity contribution is -0.148. The van der Waals surface area contributed by atoms with E-state index in [1.165, 1.54) is 11.0 Å². The molecule has 0 unspecified atom stereocenters. The largest absolute Gasteiger partial charge is 0.454 e. The molecule has 2 N–H and O–H groups in total. The van der Waals surface area contributed by atoms with E-state index in [2.05, 4.69) is 16.6 Å². The van der Waals surface area contributed by atoms with E-state index in [0.29, 0.717) is 12.3 Å². The number of hydrogen-bond acceptors (Lipinski definition) is 6. The van der Waals surface area contributed by atoms with Gasteiger partial charge in [-0.1, -0.05) is 17.8 Å². The SMILES string of the molecule is C=CCNC(=O)NC(=O)COC(=O)CN1CCSC1=O. The molecule has 8 nitrogen and oxygen atoms in total. The number of imide groups is 1. The van der Waals surface area contributed by atoms with Crippen LogP contribution in [0.15, 0.2) is 12.7 Å². The molecular formula is C11H15N3O5S. The van der Waals surface area contributed by atoms with Crippen LogP contribution in [-0.4, -0.2) is 60.0 Å². The van der Waals surface area contributed by atoms with Crippen LogP contribution in [0, 0.1) is 0 Å². The van der Waals surface area contributed by atoms with Crippen LogP contribution >= 0.6 is 11.8 Å². The van der Waals surface area contributed by atoms with Crippen molar-refractivity contribution in [3.63, 3.8) is 0 Å². The minimum atomic E-state index is -0.748. The molecule has 0 bridgehead atoms. The van der Waals surface area contributed by atoms with Crippen molar-refractivity contribution in [2.24, 2.45) is 0 Å². The predicted molar refractivity (Wildman–Crippen MR) is 72.1 cm³/mol. The molecule has 1 aliphatic rings. The number of ether oxygens (including phenoxy) is 1. The highest BCUT2D eigenvalue weighted by Gasteiger charge is 2.24. The van der Waals surface area contributed by atoms with Crippen molar-refractivity contribution < 1.29 is 23.9 Å². The number of nitrogens with one attached hydrogen (secondary N) is 2. The summed E-state index contributed by atoms with van der Waals surface area (Å²) < 4.78 is 4.67. The molecule has 0 saturated carbocycles. The maximum absolute atomic E-state index is 11.4. The second-order valence-electron chi connectivity index (χ2n) is 3.74. The molecular weight excluding hydrogens is 286 g/mol. The van der Waals surface area contributed by atoms with Gasteiger partial charge in [-0.2, -0.15) is 0 Å². The number of carbonyl (C=O) groups is 4. The van der Waals surface area contributed by atoms with E-state index in [4.69, 9.17) is 0 Å². The highest BCUT2D eigenvalue weighted by Crippen LogP contribution is 2.16. The van der Waals surface area contributed by atoms with Gasteiger partial charge < -0.3 is 15.0 Å². The number of nitrogens with zero attached hydrogens (tertiary/aromatic N) is 1. The number of rotatable bonds is 6. The fraction of sp³-hybridized carbons (Fsp3) is 0.455. The standard InChI is InChI=1S/C11H15N3O5S/c1-2-3-12-10(17)13-8(15)7-19-9(16)6-14-4-5-20-11(14)18/h2H,1,3-7H2,(H2,12,13,15,17). The zero-order chi connectivity index (χ0) is 15.0. The Labute approximate surface area is 119 Å². The van der Waals surface area contributed by atoms with Crippen molar-refractivity contribution in [2.75, 3.05) is 32.0 Å². The molecule has 0 aromatic heterocycles. The Kier molecular flexibility index (Phi) is 6.57. The highest BCUT2D eigenvalue weighted by atomic mass is 32.2. The topological polar surface area (TPSA) is 105 Å². The molecule has 0 spiro atoms. The van der Waals surface area contributed by atoms with Crippen molar-refractivity contribution >= 4 is 34.9 Å². The Morgan fingerprint density at radius 3 is 2.80 bits per heavy atom. The van der Waals surface area contributed by atoms with Crippen LogP contribution in [0.2, 0.25) is 0 Å². The molecule has 4 amide bonds. The molecule has 0 aliphatic carbocycles. The Bertz CT molecular complexity index is 426. The molecule has 1 rings (SSSR count). The quantitative estimate of drug-likeness (QED) is 0.516. The van der Waals surface area contributed by atoms with Gasteiger partial charge in [0.15, 0.2) is 6.61 Å². The van der Waals surface area contributed by atoms with Crippen LogP contribution in [0.3, 0.4) is 0 Å². The number of carbonyl (C=O) groups excluding carboxylic acids is 4. The van der Waals surface area contributed by atoms with E-state index in [9.17, 15) is 19.2 Å². The van der Waals surface area contributed by atoms with Gasteiger partial charge in [0.05, 0.1) is 0 Å². The summed E-state index contributed by atoms with van der Waals surface area (Å²) in [5, 5.41) is 4.12. The third-order valence-corrected chi connectivity index (χ3v) is 3.08. The minimum Gasteiger partial charge on any atom is -0.454 e. The van der Waals surface area contributed by atoms with Crippen LogP contribution in [0.25, 0.3) is 0 Å². The Hall–Kier alpha value is -2.03. The molecule has 1 aliphatic heterocycles. The fourth-order valence-corrected chi connectivity index (χ4v) is 2.11. The number of amides is 4. The Morgan fingerprint density at radius 2 is 2.20 bits per heavy atom. The van der Waals surface area contributed by atoms with Gasteiger partial charge >= 0.3 is 12.0 Å². The zero-order valence-corrected chi connectivity index (χ0v) is 11.5. The van der Waals surface area contributed by atoms with Crippen molar-refractivity contribution in [3.05, 3.63) is 12.7 Å². The Balaban J connectivity index is 2.19. The van der Waals surface area contributed by atoms with E-state index >= 15 is 0 Å². The summed E-state index contributed by atoms with van der Waals surface area (Å²) in [6, 6.07) is -0.697. The molecule has 0 aromatic rings. The summed E-state index contributed by atoms with van der Waals surface area (Å²) >= 11 is 1.13. The predicted octanol–water partition coefficient (Wildman–Crippen LogP) is -0.290. The molecule has 9 heteroatoms. The summed E-state index contributed by atoms with van der Waals surface area (Å²) in [4.78, 5) is 46.3. The minimum absolute atomic E-state index is 0.185. The van der Waals surface area contributed by atoms with E-state index in [-0.39, 0.29) is 18.3 Å². The Morgan fingerprint density at radius 1 is 1.45 bits per heavy atom. The van der Waals surface area contributed by atoms with Crippen LogP contribution in [0.4, 0.5) is 9.59 Å². The summed E-state index contributed by atoms with van der Waals surface area (Å²) in [6.45, 7) is 3.33. The van der Waals surface area contributed by atoms with Crippen molar-refractivity contribution in [3.8, 4) is 0 Å². The van der Waals surface area contributed by atoms with Gasteiger partial charge in [0.2, 0.25) is 0 Å². The summed E-state index contributed by atoms with van der Waals surface area (Å²) in [6.07, 6.45) is 1.45. The molecule has 1 heterocycles. The van der Waals surface area contributed by atoms with Gasteiger partial charge in [-0.15, -0.1) is 6.58 Å². The van der Waals surface area contributed by atoms with Crippen LogP contribution < -0.4 is 10.6 Å². The maximum Gasteiger partial charge on any atom is 0.326 e. The summed E-state index contributed by atoms with van der Waals surface area (Å²) in [5.74, 6) is -0.805. The lowest BCUT2D eigenvalue weighted by atomic mass is 10.5. The van der Waals surface area contributed by atoms with Crippen LogP contribution in [-0.2, 0) is 14.3 Å². The van der Waals surface area contributed by atoms with Gasteiger partial charge in [-0.05, 0) is 0 Å². The van der Waals surface area contributed by atoms with Gasteiger partial charge in [0, 0.05) is 18.8 Å². The van der Waals surface area contributed by atoms with Crippen LogP contribution in [0.1, 0.15) is 0 Å². The van der Waals surface area contributed by atoms with Gasteiger partial charge in [0.25, 0.3) is 11.1 Å². The first-order valence-electron chi connectivity index (χ1n) is 5.79. The third-order valence-electron chi connectivity index (χ3n) is 2.19. The first kappa shape index (κ1) is 16.0. The van der Waals surface area contributed by atoms with Crippen molar-refractivity contribution in [2.45, 2.75) is 0 Å². The molecule has 110 valence electrons.